The lowest BCUT2D eigenvalue weighted by Gasteiger charge is -2.00. The third-order valence-electron chi connectivity index (χ3n) is 4.49. The molecule has 2 heterocycles. The van der Waals surface area contributed by atoms with Crippen molar-refractivity contribution in [3.8, 4) is 17.4 Å². The van der Waals surface area contributed by atoms with Crippen LogP contribution in [0.3, 0.4) is 0 Å². The van der Waals surface area contributed by atoms with E-state index >= 15 is 0 Å². The van der Waals surface area contributed by atoms with Gasteiger partial charge in [-0.05, 0) is 29.8 Å². The first-order chi connectivity index (χ1) is 16.3. The quantitative estimate of drug-likeness (QED) is 0.274. The van der Waals surface area contributed by atoms with Gasteiger partial charge in [0.25, 0.3) is 11.1 Å². The lowest BCUT2D eigenvalue weighted by Crippen LogP contribution is -2.13. The highest BCUT2D eigenvalue weighted by molar-refractivity contribution is 7.90. The molecule has 0 saturated heterocycles. The third-order valence-corrected chi connectivity index (χ3v) is 6.93. The van der Waals surface area contributed by atoms with Gasteiger partial charge in [0.2, 0.25) is 15.0 Å². The molecule has 0 bridgehead atoms. The number of nitrogens with zero attached hydrogens (tertiary/aromatic N) is 3. The highest BCUT2D eigenvalue weighted by atomic mass is 35.5. The first kappa shape index (κ1) is 23.4. The third kappa shape index (κ3) is 5.58. The van der Waals surface area contributed by atoms with Gasteiger partial charge in [-0.25, -0.2) is 8.42 Å². The Morgan fingerprint density at radius 1 is 1.15 bits per heavy atom. The fraction of sp³-hybridized carbons (Fsp3) is 0.0435. The molecule has 8 nitrogen and oxygen atoms in total. The molecule has 2 aromatic heterocycles. The minimum atomic E-state index is -3.80. The summed E-state index contributed by atoms with van der Waals surface area (Å²) in [7, 11) is -3.80. The molecule has 0 fully saturated rings. The Balaban J connectivity index is 1.47. The molecule has 1 N–H and O–H groups in total. The fourth-order valence-electron chi connectivity index (χ4n) is 2.93. The van der Waals surface area contributed by atoms with Crippen LogP contribution in [0.4, 0.5) is 5.13 Å². The van der Waals surface area contributed by atoms with Gasteiger partial charge in [-0.2, -0.15) is 14.6 Å². The van der Waals surface area contributed by atoms with Gasteiger partial charge in [-0.1, -0.05) is 54.1 Å². The molecule has 0 saturated carbocycles. The number of benzene rings is 2. The molecule has 0 atom stereocenters. The summed E-state index contributed by atoms with van der Waals surface area (Å²) in [5, 5.41) is 11.9. The van der Waals surface area contributed by atoms with E-state index in [4.69, 9.17) is 16.0 Å². The molecule has 0 unspecified atom stereocenters. The van der Waals surface area contributed by atoms with E-state index in [1.807, 2.05) is 6.07 Å². The number of furan rings is 1. The van der Waals surface area contributed by atoms with E-state index in [-0.39, 0.29) is 22.2 Å². The largest absolute Gasteiger partial charge is 0.457 e. The number of nitrogens with one attached hydrogen (secondary N) is 1. The maximum absolute atomic E-state index is 12.6. The van der Waals surface area contributed by atoms with Crippen molar-refractivity contribution < 1.29 is 17.6 Å². The van der Waals surface area contributed by atoms with Crippen molar-refractivity contribution in [3.05, 3.63) is 88.6 Å². The van der Waals surface area contributed by atoms with E-state index in [0.29, 0.717) is 27.9 Å². The van der Waals surface area contributed by atoms with E-state index in [9.17, 15) is 18.5 Å². The number of rotatable bonds is 7. The molecule has 11 heteroatoms. The number of hydrogen-bond donors (Lipinski definition) is 1. The first-order valence-corrected chi connectivity index (χ1v) is 12.5. The minimum Gasteiger partial charge on any atom is -0.457 e. The number of hydrogen-bond acceptors (Lipinski definition) is 8. The molecule has 0 aliphatic rings. The van der Waals surface area contributed by atoms with Crippen molar-refractivity contribution in [2.24, 2.45) is 0 Å². The van der Waals surface area contributed by atoms with Gasteiger partial charge in [-0.3, -0.25) is 10.1 Å². The zero-order chi connectivity index (χ0) is 24.1. The molecule has 0 aliphatic carbocycles. The van der Waals surface area contributed by atoms with Crippen molar-refractivity contribution in [1.82, 2.24) is 9.36 Å². The first-order valence-electron chi connectivity index (χ1n) is 9.73. The Labute approximate surface area is 204 Å². The van der Waals surface area contributed by atoms with Crippen LogP contribution in [-0.4, -0.2) is 23.7 Å². The Morgan fingerprint density at radius 2 is 1.94 bits per heavy atom. The summed E-state index contributed by atoms with van der Waals surface area (Å²) in [6.07, 6.45) is 1.28. The Kier molecular flexibility index (Phi) is 6.88. The van der Waals surface area contributed by atoms with Crippen LogP contribution >= 0.6 is 23.1 Å². The summed E-state index contributed by atoms with van der Waals surface area (Å²) in [4.78, 5) is 16.5. The van der Waals surface area contributed by atoms with Crippen LogP contribution in [0.5, 0.6) is 0 Å². The van der Waals surface area contributed by atoms with Crippen LogP contribution in [0.25, 0.3) is 17.4 Å². The monoisotopic (exact) mass is 510 g/mol. The summed E-state index contributed by atoms with van der Waals surface area (Å²) in [6, 6.07) is 20.8. The molecule has 0 aliphatic heterocycles. The topological polar surface area (TPSA) is 126 Å². The number of nitriles is 1. The second kappa shape index (κ2) is 10.0. The van der Waals surface area contributed by atoms with Gasteiger partial charge in [0, 0.05) is 28.2 Å². The molecule has 4 rings (SSSR count). The van der Waals surface area contributed by atoms with Gasteiger partial charge in [-0.15, -0.1) is 0 Å². The second-order valence-electron chi connectivity index (χ2n) is 6.96. The van der Waals surface area contributed by atoms with Crippen LogP contribution in [0.15, 0.2) is 81.9 Å². The predicted octanol–water partition coefficient (Wildman–Crippen LogP) is 4.97. The number of amides is 1. The van der Waals surface area contributed by atoms with Gasteiger partial charge in [0.15, 0.2) is 0 Å². The Hall–Kier alpha value is -3.78. The lowest BCUT2D eigenvalue weighted by molar-refractivity contribution is -0.112. The van der Waals surface area contributed by atoms with Gasteiger partial charge in [0.1, 0.15) is 23.2 Å². The van der Waals surface area contributed by atoms with Gasteiger partial charge in [0.05, 0.1) is 5.75 Å². The molecule has 2 aromatic carbocycles. The average Bonchev–Trinajstić information content (AvgIpc) is 3.48. The Bertz CT molecular complexity index is 1520. The van der Waals surface area contributed by atoms with Crippen LogP contribution in [0, 0.1) is 11.3 Å². The van der Waals surface area contributed by atoms with Crippen LogP contribution < -0.4 is 5.32 Å². The summed E-state index contributed by atoms with van der Waals surface area (Å²) in [5.74, 6) is -0.241. The molecule has 0 radical (unpaired) electrons. The number of sulfone groups is 1. The van der Waals surface area contributed by atoms with Crippen molar-refractivity contribution in [1.29, 1.82) is 5.26 Å². The van der Waals surface area contributed by atoms with Crippen molar-refractivity contribution in [2.75, 3.05) is 5.32 Å². The van der Waals surface area contributed by atoms with Gasteiger partial charge >= 0.3 is 0 Å². The maximum atomic E-state index is 12.6. The maximum Gasteiger partial charge on any atom is 0.268 e. The van der Waals surface area contributed by atoms with Crippen LogP contribution in [-0.2, 0) is 20.4 Å². The van der Waals surface area contributed by atoms with Crippen molar-refractivity contribution >= 4 is 50.1 Å². The highest BCUT2D eigenvalue weighted by Gasteiger charge is 2.22. The molecular formula is C23H15ClN4O4S2. The summed E-state index contributed by atoms with van der Waals surface area (Å²) >= 11 is 6.71. The minimum absolute atomic E-state index is 0.0446. The van der Waals surface area contributed by atoms with E-state index in [0.717, 1.165) is 5.56 Å². The predicted molar refractivity (Wildman–Crippen MR) is 129 cm³/mol. The normalized spacial score (nSPS) is 11.7. The smallest absolute Gasteiger partial charge is 0.268 e. The molecular weight excluding hydrogens is 496 g/mol. The van der Waals surface area contributed by atoms with Crippen LogP contribution in [0.2, 0.25) is 5.02 Å². The summed E-state index contributed by atoms with van der Waals surface area (Å²) in [6.45, 7) is 0. The number of carbonyl (C=O) groups excluding carboxylic acids is 1. The van der Waals surface area contributed by atoms with Crippen molar-refractivity contribution in [2.45, 2.75) is 10.9 Å². The Morgan fingerprint density at radius 3 is 2.68 bits per heavy atom. The SMILES string of the molecule is N#CC(=Cc1ccc(-c2cccc(Cl)c2)o1)C(=O)Nc1nc(S(=O)(=O)Cc2ccccc2)ns1. The molecule has 170 valence electrons. The summed E-state index contributed by atoms with van der Waals surface area (Å²) in [5.41, 5.74) is 1.08. The molecule has 1 amide bonds. The number of aromatic nitrogens is 2. The zero-order valence-electron chi connectivity index (χ0n) is 17.3. The van der Waals surface area contributed by atoms with Crippen molar-refractivity contribution in [3.63, 3.8) is 0 Å². The van der Waals surface area contributed by atoms with Gasteiger partial charge < -0.3 is 4.42 Å². The fourth-order valence-corrected chi connectivity index (χ4v) is 5.20. The van der Waals surface area contributed by atoms with E-state index in [1.54, 1.807) is 66.7 Å². The standard InChI is InChI=1S/C23H15ClN4O4S2/c24-18-8-4-7-16(11-18)20-10-9-19(32-20)12-17(13-25)21(29)26-22-27-23(28-33-22)34(30,31)14-15-5-2-1-3-6-15/h1-12H,14H2,(H,26,27,28,29). The number of halogens is 1. The van der Waals surface area contributed by atoms with Crippen LogP contribution in [0.1, 0.15) is 11.3 Å². The van der Waals surface area contributed by atoms with E-state index in [1.165, 1.54) is 6.08 Å². The summed E-state index contributed by atoms with van der Waals surface area (Å²) < 4.78 is 34.7. The zero-order valence-corrected chi connectivity index (χ0v) is 19.7. The average molecular weight is 511 g/mol. The van der Waals surface area contributed by atoms with E-state index in [2.05, 4.69) is 14.7 Å². The number of anilines is 1. The highest BCUT2D eigenvalue weighted by Crippen LogP contribution is 2.26. The molecule has 4 aromatic rings. The second-order valence-corrected chi connectivity index (χ2v) is 10.0. The molecule has 0 spiro atoms. The van der Waals surface area contributed by atoms with E-state index < -0.39 is 20.9 Å². The lowest BCUT2D eigenvalue weighted by atomic mass is 10.2. The molecule has 34 heavy (non-hydrogen) atoms. The number of carbonyl (C=O) groups is 1.